The minimum absolute atomic E-state index is 0.0186. The topological polar surface area (TPSA) is 338 Å². The van der Waals surface area contributed by atoms with Crippen molar-refractivity contribution in [2.75, 3.05) is 32.7 Å². The van der Waals surface area contributed by atoms with Gasteiger partial charge in [-0.05, 0) is 123 Å². The van der Waals surface area contributed by atoms with Crippen molar-refractivity contribution in [1.29, 1.82) is 0 Å². The number of likely N-dealkylation sites (tertiary alicyclic amines) is 1. The molecule has 0 bridgehead atoms. The largest absolute Gasteiger partial charge is 0.396 e. The number of nitrogens with zero attached hydrogens (tertiary/aromatic N) is 5. The summed E-state index contributed by atoms with van der Waals surface area (Å²) in [6.07, 6.45) is 2.99. The summed E-state index contributed by atoms with van der Waals surface area (Å²) in [5, 5.41) is 11.3. The van der Waals surface area contributed by atoms with Gasteiger partial charge in [0.05, 0.1) is 23.6 Å². The molecule has 24 nitrogen and oxygen atoms in total. The lowest BCUT2D eigenvalue weighted by molar-refractivity contribution is -0.146. The summed E-state index contributed by atoms with van der Waals surface area (Å²) in [4.78, 5) is 162. The van der Waals surface area contributed by atoms with Gasteiger partial charge >= 0.3 is 13.3 Å². The smallest absolute Gasteiger partial charge is 0.370 e. The van der Waals surface area contributed by atoms with Gasteiger partial charge < -0.3 is 46.3 Å². The van der Waals surface area contributed by atoms with E-state index in [2.05, 4.69) is 26.3 Å². The van der Waals surface area contributed by atoms with Crippen molar-refractivity contribution >= 4 is 82.3 Å². The number of carbonyl (C=O) groups is 9. The first-order valence-electron chi connectivity index (χ1n) is 28.1. The summed E-state index contributed by atoms with van der Waals surface area (Å²) in [5.74, 6) is -4.32. The lowest BCUT2D eigenvalue weighted by Crippen LogP contribution is -2.62. The van der Waals surface area contributed by atoms with Crippen LogP contribution in [0.2, 0.25) is 0 Å². The first-order valence-corrected chi connectivity index (χ1v) is 29.7. The Labute approximate surface area is 481 Å². The molecule has 10 rings (SSSR count). The predicted octanol–water partition coefficient (Wildman–Crippen LogP) is 2.42. The third-order valence-electron chi connectivity index (χ3n) is 16.7. The Morgan fingerprint density at radius 1 is 0.786 bits per heavy atom. The molecule has 6 aromatic rings. The van der Waals surface area contributed by atoms with Crippen LogP contribution in [0.25, 0.3) is 21.9 Å². The van der Waals surface area contributed by atoms with E-state index in [0.29, 0.717) is 42.5 Å². The number of amides is 8. The molecule has 4 aliphatic heterocycles. The van der Waals surface area contributed by atoms with Crippen molar-refractivity contribution in [3.05, 3.63) is 142 Å². The highest BCUT2D eigenvalue weighted by Crippen LogP contribution is 2.40. The molecule has 0 aliphatic carbocycles. The summed E-state index contributed by atoms with van der Waals surface area (Å²) in [6, 6.07) is 23.5. The van der Waals surface area contributed by atoms with E-state index in [-0.39, 0.29) is 98.2 Å². The number of aromatic amines is 1. The molecule has 6 heterocycles. The lowest BCUT2D eigenvalue weighted by Gasteiger charge is -2.39. The Bertz CT molecular complexity index is 3640. The number of nitrogens with two attached hydrogens (primary N) is 1. The fourth-order valence-electron chi connectivity index (χ4n) is 12.2. The van der Waals surface area contributed by atoms with Crippen molar-refractivity contribution in [3.8, 4) is 0 Å². The van der Waals surface area contributed by atoms with E-state index in [1.165, 1.54) is 38.3 Å². The predicted molar refractivity (Wildman–Crippen MR) is 305 cm³/mol. The monoisotopic (exact) mass is 1170 g/mol. The Morgan fingerprint density at radius 3 is 2.15 bits per heavy atom. The number of fused-ring (bicyclic) bond motifs is 3. The average Bonchev–Trinajstić information content (AvgIpc) is 3.38. The van der Waals surface area contributed by atoms with Gasteiger partial charge in [0.1, 0.15) is 29.9 Å². The molecular weight excluding hydrogens is 1100 g/mol. The highest BCUT2D eigenvalue weighted by molar-refractivity contribution is 7.70. The van der Waals surface area contributed by atoms with E-state index < -0.39 is 84.8 Å². The number of H-pyrrole nitrogens is 1. The van der Waals surface area contributed by atoms with E-state index in [1.54, 1.807) is 11.9 Å². The van der Waals surface area contributed by atoms with Crippen LogP contribution in [0, 0.1) is 5.92 Å². The highest BCUT2D eigenvalue weighted by Gasteiger charge is 2.46. The van der Waals surface area contributed by atoms with Crippen LogP contribution in [0.15, 0.2) is 108 Å². The molecule has 84 heavy (non-hydrogen) atoms. The lowest BCUT2D eigenvalue weighted by atomic mass is 9.90. The van der Waals surface area contributed by atoms with Gasteiger partial charge in [-0.1, -0.05) is 66.7 Å². The molecule has 8 amide bonds. The zero-order valence-corrected chi connectivity index (χ0v) is 47.0. The molecule has 0 radical (unpaired) electrons. The fourth-order valence-corrected chi connectivity index (χ4v) is 12.7. The maximum absolute atomic E-state index is 15.2. The Balaban J connectivity index is 0.845. The van der Waals surface area contributed by atoms with Crippen LogP contribution in [0.1, 0.15) is 107 Å². The van der Waals surface area contributed by atoms with Crippen molar-refractivity contribution < 1.29 is 57.5 Å². The molecule has 5 atom stereocenters. The minimum Gasteiger partial charge on any atom is -0.370 e. The maximum Gasteiger partial charge on any atom is 0.396 e. The Morgan fingerprint density at radius 2 is 1.49 bits per heavy atom. The number of rotatable bonds is 18. The molecule has 2 aromatic heterocycles. The number of aryl methyl sites for hydroxylation is 1. The first kappa shape index (κ1) is 58.6. The average molecular weight is 1170 g/mol. The minimum atomic E-state index is -5.13. The third-order valence-corrected chi connectivity index (χ3v) is 17.4. The number of carbonyl (C=O) groups excluding carboxylic acids is 9. The van der Waals surface area contributed by atoms with Crippen LogP contribution in [-0.4, -0.2) is 148 Å². The van der Waals surface area contributed by atoms with Gasteiger partial charge in [0.2, 0.25) is 41.4 Å². The van der Waals surface area contributed by atoms with Crippen molar-refractivity contribution in [1.82, 2.24) is 50.1 Å². The molecule has 4 aliphatic rings. The number of piperidine rings is 2. The van der Waals surface area contributed by atoms with Crippen LogP contribution in [0.3, 0.4) is 0 Å². The van der Waals surface area contributed by atoms with Gasteiger partial charge in [-0.25, -0.2) is 4.79 Å². The zero-order valence-electron chi connectivity index (χ0n) is 46.1. The van der Waals surface area contributed by atoms with Crippen LogP contribution in [0.5, 0.6) is 0 Å². The summed E-state index contributed by atoms with van der Waals surface area (Å²) in [5.41, 5.74) is 7.59. The summed E-state index contributed by atoms with van der Waals surface area (Å²) < 4.78 is 14.7. The zero-order chi connectivity index (χ0) is 59.6. The number of primary amides is 1. The van der Waals surface area contributed by atoms with Gasteiger partial charge in [-0.2, -0.15) is 0 Å². The molecule has 4 fully saturated rings. The van der Waals surface area contributed by atoms with Gasteiger partial charge in [-0.3, -0.25) is 67.1 Å². The molecule has 4 aromatic carbocycles. The van der Waals surface area contributed by atoms with Crippen LogP contribution >= 0.6 is 7.60 Å². The van der Waals surface area contributed by atoms with Gasteiger partial charge in [0.15, 0.2) is 0 Å². The number of imide groups is 1. The SMILES string of the molecule is Cn1c(=O)n(C2CCC(=O)NC2=O)c2ccc(CC3CCN(CC(=O)N4CC[C@H]5CC[C@@H](C(=O)NC(CCC(N)=O)C(=O)NC(c6ccccc6)c6ccccc6)N5C(=O)[C@@H](NC(=O)c5cc6cc(C(=O)P(=O)(O)O)ccc6[nH]5)C4)CC3)cc21. The second-order valence-electron chi connectivity index (χ2n) is 22.2. The van der Waals surface area contributed by atoms with E-state index in [1.807, 2.05) is 83.8 Å². The van der Waals surface area contributed by atoms with Gasteiger partial charge in [-0.15, -0.1) is 0 Å². The molecule has 440 valence electrons. The number of aromatic nitrogens is 3. The normalized spacial score (nSPS) is 20.3. The van der Waals surface area contributed by atoms with Crippen molar-refractivity contribution in [3.63, 3.8) is 0 Å². The molecule has 0 spiro atoms. The number of benzene rings is 4. The van der Waals surface area contributed by atoms with E-state index in [9.17, 15) is 57.5 Å². The van der Waals surface area contributed by atoms with E-state index in [4.69, 9.17) is 5.73 Å². The molecular formula is C59H66N11O13P. The summed E-state index contributed by atoms with van der Waals surface area (Å²) >= 11 is 0. The quantitative estimate of drug-likeness (QED) is 0.0453. The van der Waals surface area contributed by atoms with E-state index >= 15 is 4.79 Å². The third kappa shape index (κ3) is 12.8. The van der Waals surface area contributed by atoms with Gasteiger partial charge in [0, 0.05) is 55.5 Å². The molecule has 9 N–H and O–H groups in total. The molecule has 0 saturated carbocycles. The van der Waals surface area contributed by atoms with E-state index in [0.717, 1.165) is 29.5 Å². The Kier molecular flexibility index (Phi) is 17.2. The van der Waals surface area contributed by atoms with Gasteiger partial charge in [0.25, 0.3) is 11.4 Å². The first-order chi connectivity index (χ1) is 40.2. The summed E-state index contributed by atoms with van der Waals surface area (Å²) in [6.45, 7) is 1.07. The number of imidazole rings is 1. The van der Waals surface area contributed by atoms with Crippen molar-refractivity contribution in [2.24, 2.45) is 18.7 Å². The molecule has 2 unspecified atom stereocenters. The highest BCUT2D eigenvalue weighted by atomic mass is 31.2. The Hall–Kier alpha value is -8.57. The molecule has 25 heteroatoms. The standard InChI is InChI=1S/C59H66N11O13P/c1-66-48-29-35(12-17-45(48)70(59(66)80)47-19-21-50(72)64-56(47)77)28-34-22-25-67(26-23-34)33-51(73)68-27-24-40-14-18-46(55(76)62-42(16-20-49(60)71)53(74)65-52(36-8-4-2-5-9-36)37-10-6-3-7-11-37)69(40)57(78)44(32-68)63-54(75)43-31-39-30-38(13-15-41(39)61-43)58(79)84(81,82)83/h2-13,15,17,29-31,34,40,42,44,46-47,52,61H,14,16,18-28,32-33H2,1H3,(H2,60,71)(H,62,76)(H,63,75)(H,65,74)(H,64,72,77)(H2,81,82,83)/t40-,42?,44+,46+,47?/m1/s1. The molecule has 4 saturated heterocycles. The number of nitrogens with one attached hydrogen (secondary N) is 5. The van der Waals surface area contributed by atoms with Crippen molar-refractivity contribution in [2.45, 2.75) is 100 Å². The number of hydrogen-bond acceptors (Lipinski definition) is 12. The summed E-state index contributed by atoms with van der Waals surface area (Å²) in [7, 11) is -3.48. The maximum atomic E-state index is 15.2. The second kappa shape index (κ2) is 24.7. The number of hydrogen-bond donors (Lipinski definition) is 8. The van der Waals surface area contributed by atoms with Crippen LogP contribution in [0.4, 0.5) is 0 Å². The van der Waals surface area contributed by atoms with Crippen LogP contribution in [-0.2, 0) is 51.6 Å². The fraction of sp³-hybridized carbons (Fsp3) is 0.390. The van der Waals surface area contributed by atoms with Crippen LogP contribution < -0.4 is 32.7 Å². The second-order valence-corrected chi connectivity index (χ2v) is 23.7.